The third-order valence-corrected chi connectivity index (χ3v) is 6.80. The van der Waals surface area contributed by atoms with E-state index in [4.69, 9.17) is 21.7 Å². The minimum atomic E-state index is -0.187. The predicted molar refractivity (Wildman–Crippen MR) is 123 cm³/mol. The van der Waals surface area contributed by atoms with Gasteiger partial charge < -0.3 is 9.47 Å². The second-order valence-electron chi connectivity index (χ2n) is 7.52. The molecule has 2 aromatic rings. The first kappa shape index (κ1) is 21.7. The molecule has 1 saturated heterocycles. The third kappa shape index (κ3) is 4.75. The maximum Gasteiger partial charge on any atom is 0.242 e. The molecule has 2 aromatic carbocycles. The van der Waals surface area contributed by atoms with Gasteiger partial charge >= 0.3 is 0 Å². The number of amides is 1. The number of ether oxygens (including phenoxy) is 2. The number of hydrogen-bond donors (Lipinski definition) is 0. The summed E-state index contributed by atoms with van der Waals surface area (Å²) in [6.45, 7) is 6.86. The van der Waals surface area contributed by atoms with Gasteiger partial charge in [0.1, 0.15) is 15.8 Å². The molecule has 0 aliphatic carbocycles. The van der Waals surface area contributed by atoms with E-state index in [0.717, 1.165) is 22.6 Å². The van der Waals surface area contributed by atoms with Gasteiger partial charge in [0, 0.05) is 0 Å². The van der Waals surface area contributed by atoms with E-state index in [0.29, 0.717) is 23.2 Å². The van der Waals surface area contributed by atoms with Gasteiger partial charge in [-0.25, -0.2) is 0 Å². The minimum absolute atomic E-state index is 0.0807. The Balaban J connectivity index is 1.76. The van der Waals surface area contributed by atoms with Crippen LogP contribution in [0, 0.1) is 6.92 Å². The largest absolute Gasteiger partial charge is 0.497 e. The van der Waals surface area contributed by atoms with E-state index in [9.17, 15) is 4.79 Å². The van der Waals surface area contributed by atoms with E-state index in [1.165, 1.54) is 22.9 Å². The van der Waals surface area contributed by atoms with E-state index < -0.39 is 0 Å². The zero-order valence-corrected chi connectivity index (χ0v) is 19.2. The smallest absolute Gasteiger partial charge is 0.242 e. The lowest BCUT2D eigenvalue weighted by molar-refractivity contribution is -0.126. The van der Waals surface area contributed by atoms with Crippen molar-refractivity contribution in [3.8, 4) is 11.5 Å². The summed E-state index contributed by atoms with van der Waals surface area (Å²) in [5.41, 5.74) is 4.51. The second-order valence-corrected chi connectivity index (χ2v) is 9.36. The predicted octanol–water partition coefficient (Wildman–Crippen LogP) is 5.11. The minimum Gasteiger partial charge on any atom is -0.497 e. The van der Waals surface area contributed by atoms with Gasteiger partial charge in [-0.2, -0.15) is 0 Å². The van der Waals surface area contributed by atoms with Crippen LogP contribution in [-0.4, -0.2) is 34.6 Å². The summed E-state index contributed by atoms with van der Waals surface area (Å²) in [5, 5.41) is -0.187. The highest BCUT2D eigenvalue weighted by molar-refractivity contribution is 8.24. The van der Waals surface area contributed by atoms with Crippen LogP contribution >= 0.6 is 24.0 Å². The SMILES string of the molecule is COc1ccc(CN2C(=O)[C@@H](Cc3cc(C(C)C)c(OC)cc3C)SC2=S)cc1. The number of methoxy groups -OCH3 is 2. The van der Waals surface area contributed by atoms with Crippen molar-refractivity contribution in [3.05, 3.63) is 58.7 Å². The van der Waals surface area contributed by atoms with Crippen LogP contribution in [0.4, 0.5) is 0 Å². The van der Waals surface area contributed by atoms with Crippen molar-refractivity contribution >= 4 is 34.2 Å². The monoisotopic (exact) mass is 429 g/mol. The molecule has 1 atom stereocenters. The van der Waals surface area contributed by atoms with Crippen LogP contribution in [0.15, 0.2) is 36.4 Å². The lowest BCUT2D eigenvalue weighted by Gasteiger charge is -2.18. The molecular formula is C23H27NO3S2. The van der Waals surface area contributed by atoms with Crippen molar-refractivity contribution in [1.29, 1.82) is 0 Å². The van der Waals surface area contributed by atoms with Gasteiger partial charge in [0.05, 0.1) is 26.0 Å². The first-order chi connectivity index (χ1) is 13.8. The maximum absolute atomic E-state index is 13.1. The van der Waals surface area contributed by atoms with Gasteiger partial charge in [0.25, 0.3) is 0 Å². The Morgan fingerprint density at radius 3 is 2.41 bits per heavy atom. The highest BCUT2D eigenvalue weighted by Gasteiger charge is 2.37. The summed E-state index contributed by atoms with van der Waals surface area (Å²) in [6, 6.07) is 12.0. The molecule has 29 heavy (non-hydrogen) atoms. The van der Waals surface area contributed by atoms with Crippen LogP contribution in [0.25, 0.3) is 0 Å². The maximum atomic E-state index is 13.1. The number of nitrogens with zero attached hydrogens (tertiary/aromatic N) is 1. The number of benzene rings is 2. The van der Waals surface area contributed by atoms with Crippen LogP contribution in [0.1, 0.15) is 42.0 Å². The number of aryl methyl sites for hydroxylation is 1. The molecule has 1 fully saturated rings. The molecule has 3 rings (SSSR count). The number of rotatable bonds is 7. The van der Waals surface area contributed by atoms with Crippen molar-refractivity contribution in [3.63, 3.8) is 0 Å². The van der Waals surface area contributed by atoms with Crippen molar-refractivity contribution in [2.45, 2.75) is 44.9 Å². The highest BCUT2D eigenvalue weighted by Crippen LogP contribution is 2.35. The van der Waals surface area contributed by atoms with Crippen LogP contribution in [0.3, 0.4) is 0 Å². The van der Waals surface area contributed by atoms with Gasteiger partial charge in [-0.05, 0) is 59.7 Å². The van der Waals surface area contributed by atoms with E-state index in [1.54, 1.807) is 19.1 Å². The highest BCUT2D eigenvalue weighted by atomic mass is 32.2. The Kier molecular flexibility index (Phi) is 6.85. The normalized spacial score (nSPS) is 16.6. The van der Waals surface area contributed by atoms with Crippen molar-refractivity contribution in [2.24, 2.45) is 0 Å². The first-order valence-electron chi connectivity index (χ1n) is 9.66. The number of thiocarbonyl (C=S) groups is 1. The number of carbonyl (C=O) groups excluding carboxylic acids is 1. The zero-order chi connectivity index (χ0) is 21.1. The Hall–Kier alpha value is -2.05. The fourth-order valence-corrected chi connectivity index (χ4v) is 5.00. The van der Waals surface area contributed by atoms with Crippen LogP contribution in [-0.2, 0) is 17.8 Å². The molecule has 0 N–H and O–H groups in total. The molecular weight excluding hydrogens is 402 g/mol. The number of thioether (sulfide) groups is 1. The van der Waals surface area contributed by atoms with E-state index >= 15 is 0 Å². The molecule has 154 valence electrons. The fraction of sp³-hybridized carbons (Fsp3) is 0.391. The second kappa shape index (κ2) is 9.18. The molecule has 0 saturated carbocycles. The number of carbonyl (C=O) groups is 1. The fourth-order valence-electron chi connectivity index (χ4n) is 3.48. The summed E-state index contributed by atoms with van der Waals surface area (Å²) >= 11 is 7.01. The molecule has 0 aromatic heterocycles. The summed E-state index contributed by atoms with van der Waals surface area (Å²) in [4.78, 5) is 14.8. The lowest BCUT2D eigenvalue weighted by Crippen LogP contribution is -2.31. The average molecular weight is 430 g/mol. The molecule has 0 unspecified atom stereocenters. The van der Waals surface area contributed by atoms with Crippen molar-refractivity contribution in [2.75, 3.05) is 14.2 Å². The van der Waals surface area contributed by atoms with E-state index in [2.05, 4.69) is 32.9 Å². The van der Waals surface area contributed by atoms with Gasteiger partial charge in [-0.3, -0.25) is 9.69 Å². The molecule has 1 heterocycles. The Bertz CT molecular complexity index is 909. The summed E-state index contributed by atoms with van der Waals surface area (Å²) in [5.74, 6) is 2.14. The van der Waals surface area contributed by atoms with E-state index in [1.807, 2.05) is 24.3 Å². The molecule has 6 heteroatoms. The molecule has 1 amide bonds. The van der Waals surface area contributed by atoms with E-state index in [-0.39, 0.29) is 11.2 Å². The summed E-state index contributed by atoms with van der Waals surface area (Å²) in [7, 11) is 3.34. The lowest BCUT2D eigenvalue weighted by atomic mass is 9.94. The summed E-state index contributed by atoms with van der Waals surface area (Å²) < 4.78 is 11.4. The zero-order valence-electron chi connectivity index (χ0n) is 17.5. The van der Waals surface area contributed by atoms with Gasteiger partial charge in [-0.15, -0.1) is 0 Å². The van der Waals surface area contributed by atoms with Gasteiger partial charge in [-0.1, -0.05) is 56.0 Å². The quantitative estimate of drug-likeness (QED) is 0.572. The van der Waals surface area contributed by atoms with Crippen molar-refractivity contribution < 1.29 is 14.3 Å². The van der Waals surface area contributed by atoms with Gasteiger partial charge in [0.2, 0.25) is 5.91 Å². The molecule has 4 nitrogen and oxygen atoms in total. The molecule has 0 radical (unpaired) electrons. The molecule has 1 aliphatic rings. The first-order valence-corrected chi connectivity index (χ1v) is 10.9. The standard InChI is InChI=1S/C23H27NO3S2/c1-14(2)19-11-17(15(3)10-20(19)27-5)12-21-22(25)24(23(28)29-21)13-16-6-8-18(26-4)9-7-16/h6-11,14,21H,12-13H2,1-5H3/t21-/m1/s1. The van der Waals surface area contributed by atoms with Gasteiger partial charge in [0.15, 0.2) is 0 Å². The Morgan fingerprint density at radius 1 is 1.14 bits per heavy atom. The summed E-state index contributed by atoms with van der Waals surface area (Å²) in [6.07, 6.45) is 0.665. The van der Waals surface area contributed by atoms with Crippen LogP contribution in [0.2, 0.25) is 0 Å². The molecule has 0 bridgehead atoms. The topological polar surface area (TPSA) is 38.8 Å². The average Bonchev–Trinajstić information content (AvgIpc) is 2.96. The molecule has 1 aliphatic heterocycles. The van der Waals surface area contributed by atoms with Crippen molar-refractivity contribution in [1.82, 2.24) is 4.90 Å². The van der Waals surface area contributed by atoms with Crippen LogP contribution in [0.5, 0.6) is 11.5 Å². The number of hydrogen-bond acceptors (Lipinski definition) is 5. The Labute approximate surface area is 182 Å². The Morgan fingerprint density at radius 2 is 1.83 bits per heavy atom. The third-order valence-electron chi connectivity index (χ3n) is 5.22. The molecule has 0 spiro atoms. The van der Waals surface area contributed by atoms with Crippen LogP contribution < -0.4 is 9.47 Å².